The maximum atomic E-state index is 11.1. The molecule has 0 unspecified atom stereocenters. The number of aromatic nitrogens is 1. The van der Waals surface area contributed by atoms with Crippen molar-refractivity contribution in [3.63, 3.8) is 0 Å². The molecule has 1 aromatic heterocycles. The number of nitrogens with one attached hydrogen (secondary N) is 1. The van der Waals surface area contributed by atoms with Gasteiger partial charge in [-0.2, -0.15) is 0 Å². The van der Waals surface area contributed by atoms with Crippen molar-refractivity contribution in [2.75, 3.05) is 24.5 Å². The zero-order chi connectivity index (χ0) is 15.0. The molecule has 0 aliphatic heterocycles. The Bertz CT molecular complexity index is 403. The SMILES string of the molecule is CCCNCc1ccc(N(CC(N)=O)CC(C)C)nc1. The van der Waals surface area contributed by atoms with E-state index in [0.717, 1.165) is 37.4 Å². The molecule has 0 bridgehead atoms. The number of carbonyl (C=O) groups is 1. The fourth-order valence-electron chi connectivity index (χ4n) is 1.99. The first-order valence-electron chi connectivity index (χ1n) is 7.21. The maximum absolute atomic E-state index is 11.1. The molecule has 3 N–H and O–H groups in total. The zero-order valence-corrected chi connectivity index (χ0v) is 12.7. The molecule has 0 saturated carbocycles. The van der Waals surface area contributed by atoms with Gasteiger partial charge in [-0.15, -0.1) is 0 Å². The molecule has 0 saturated heterocycles. The van der Waals surface area contributed by atoms with E-state index in [1.165, 1.54) is 0 Å². The van der Waals surface area contributed by atoms with Gasteiger partial charge in [-0.1, -0.05) is 26.8 Å². The Kier molecular flexibility index (Phi) is 7.01. The van der Waals surface area contributed by atoms with Gasteiger partial charge in [-0.3, -0.25) is 4.79 Å². The largest absolute Gasteiger partial charge is 0.368 e. The number of nitrogens with zero attached hydrogens (tertiary/aromatic N) is 2. The number of rotatable bonds is 9. The molecule has 0 atom stereocenters. The minimum absolute atomic E-state index is 0.207. The van der Waals surface area contributed by atoms with Crippen molar-refractivity contribution in [3.05, 3.63) is 23.9 Å². The lowest BCUT2D eigenvalue weighted by Crippen LogP contribution is -2.36. The van der Waals surface area contributed by atoms with Crippen molar-refractivity contribution in [3.8, 4) is 0 Å². The summed E-state index contributed by atoms with van der Waals surface area (Å²) in [5.74, 6) is 0.917. The van der Waals surface area contributed by atoms with Crippen LogP contribution in [0.4, 0.5) is 5.82 Å². The van der Waals surface area contributed by atoms with Crippen LogP contribution < -0.4 is 16.0 Å². The van der Waals surface area contributed by atoms with Gasteiger partial charge < -0.3 is 16.0 Å². The number of carbonyl (C=O) groups excluding carboxylic acids is 1. The topological polar surface area (TPSA) is 71.2 Å². The first-order valence-corrected chi connectivity index (χ1v) is 7.21. The van der Waals surface area contributed by atoms with Crippen LogP contribution in [0.1, 0.15) is 32.8 Å². The fourth-order valence-corrected chi connectivity index (χ4v) is 1.99. The lowest BCUT2D eigenvalue weighted by Gasteiger charge is -2.24. The number of hydrogen-bond acceptors (Lipinski definition) is 4. The van der Waals surface area contributed by atoms with E-state index in [-0.39, 0.29) is 12.5 Å². The minimum atomic E-state index is -0.332. The highest BCUT2D eigenvalue weighted by Gasteiger charge is 2.12. The third-order valence-corrected chi connectivity index (χ3v) is 2.82. The highest BCUT2D eigenvalue weighted by atomic mass is 16.1. The maximum Gasteiger partial charge on any atom is 0.236 e. The summed E-state index contributed by atoms with van der Waals surface area (Å²) in [5, 5.41) is 3.34. The monoisotopic (exact) mass is 278 g/mol. The van der Waals surface area contributed by atoms with Crippen LogP contribution in [0.15, 0.2) is 18.3 Å². The molecule has 1 rings (SSSR count). The smallest absolute Gasteiger partial charge is 0.236 e. The van der Waals surface area contributed by atoms with Gasteiger partial charge in [0, 0.05) is 19.3 Å². The normalized spacial score (nSPS) is 10.8. The predicted molar refractivity (Wildman–Crippen MR) is 82.5 cm³/mol. The molecule has 0 aliphatic carbocycles. The fraction of sp³-hybridized carbons (Fsp3) is 0.600. The molecular weight excluding hydrogens is 252 g/mol. The summed E-state index contributed by atoms with van der Waals surface area (Å²) in [6.07, 6.45) is 2.97. The number of hydrogen-bond donors (Lipinski definition) is 2. The average molecular weight is 278 g/mol. The Labute approximate surface area is 121 Å². The first kappa shape index (κ1) is 16.4. The van der Waals surface area contributed by atoms with Gasteiger partial charge in [-0.25, -0.2) is 4.98 Å². The lowest BCUT2D eigenvalue weighted by atomic mass is 10.2. The van der Waals surface area contributed by atoms with E-state index in [9.17, 15) is 4.79 Å². The molecule has 5 heteroatoms. The molecule has 0 aromatic carbocycles. The Hall–Kier alpha value is -1.62. The van der Waals surface area contributed by atoms with Crippen LogP contribution >= 0.6 is 0 Å². The van der Waals surface area contributed by atoms with Crippen molar-refractivity contribution in [1.29, 1.82) is 0 Å². The van der Waals surface area contributed by atoms with Crippen LogP contribution in [0.3, 0.4) is 0 Å². The zero-order valence-electron chi connectivity index (χ0n) is 12.7. The van der Waals surface area contributed by atoms with Crippen molar-refractivity contribution in [2.45, 2.75) is 33.7 Å². The molecule has 112 valence electrons. The van der Waals surface area contributed by atoms with E-state index in [0.29, 0.717) is 5.92 Å². The van der Waals surface area contributed by atoms with E-state index < -0.39 is 0 Å². The second-order valence-electron chi connectivity index (χ2n) is 5.44. The summed E-state index contributed by atoms with van der Waals surface area (Å²) >= 11 is 0. The molecule has 5 nitrogen and oxygen atoms in total. The van der Waals surface area contributed by atoms with Crippen LogP contribution in [0, 0.1) is 5.92 Å². The molecule has 1 aromatic rings. The molecule has 0 spiro atoms. The van der Waals surface area contributed by atoms with Gasteiger partial charge in [0.15, 0.2) is 0 Å². The highest BCUT2D eigenvalue weighted by Crippen LogP contribution is 2.13. The molecule has 20 heavy (non-hydrogen) atoms. The van der Waals surface area contributed by atoms with E-state index in [2.05, 4.69) is 31.1 Å². The summed E-state index contributed by atoms with van der Waals surface area (Å²) in [6, 6.07) is 3.99. The van der Waals surface area contributed by atoms with Gasteiger partial charge in [0.1, 0.15) is 5.82 Å². The van der Waals surface area contributed by atoms with E-state index in [1.807, 2.05) is 23.2 Å². The van der Waals surface area contributed by atoms with E-state index >= 15 is 0 Å². The molecule has 0 aliphatic rings. The number of pyridine rings is 1. The number of amides is 1. The van der Waals surface area contributed by atoms with Crippen LogP contribution in [0.2, 0.25) is 0 Å². The van der Waals surface area contributed by atoms with Gasteiger partial charge in [0.05, 0.1) is 6.54 Å². The number of anilines is 1. The predicted octanol–water partition coefficient (Wildman–Crippen LogP) is 1.53. The molecular formula is C15H26N4O. The molecule has 0 radical (unpaired) electrons. The molecule has 0 fully saturated rings. The molecule has 1 amide bonds. The van der Waals surface area contributed by atoms with Gasteiger partial charge in [-0.05, 0) is 30.5 Å². The standard InChI is InChI=1S/C15H26N4O/c1-4-7-17-8-13-5-6-15(18-9-13)19(10-12(2)3)11-14(16)20/h5-6,9,12,17H,4,7-8,10-11H2,1-3H3,(H2,16,20). The molecule has 1 heterocycles. The van der Waals surface area contributed by atoms with Crippen LogP contribution in [0.5, 0.6) is 0 Å². The van der Waals surface area contributed by atoms with Crippen LogP contribution in [0.25, 0.3) is 0 Å². The summed E-state index contributed by atoms with van der Waals surface area (Å²) < 4.78 is 0. The van der Waals surface area contributed by atoms with Crippen molar-refractivity contribution >= 4 is 11.7 Å². The van der Waals surface area contributed by atoms with Crippen molar-refractivity contribution in [1.82, 2.24) is 10.3 Å². The van der Waals surface area contributed by atoms with E-state index in [4.69, 9.17) is 5.73 Å². The second kappa shape index (κ2) is 8.53. The Balaban J connectivity index is 2.68. The Morgan fingerprint density at radius 3 is 2.70 bits per heavy atom. The Morgan fingerprint density at radius 2 is 2.20 bits per heavy atom. The first-order chi connectivity index (χ1) is 9.52. The average Bonchev–Trinajstić information content (AvgIpc) is 2.38. The minimum Gasteiger partial charge on any atom is -0.368 e. The summed E-state index contributed by atoms with van der Waals surface area (Å²) in [5.41, 5.74) is 6.44. The summed E-state index contributed by atoms with van der Waals surface area (Å²) in [6.45, 7) is 9.15. The van der Waals surface area contributed by atoms with Gasteiger partial charge in [0.25, 0.3) is 0 Å². The van der Waals surface area contributed by atoms with Gasteiger partial charge >= 0.3 is 0 Å². The number of nitrogens with two attached hydrogens (primary N) is 1. The third-order valence-electron chi connectivity index (χ3n) is 2.82. The van der Waals surface area contributed by atoms with E-state index in [1.54, 1.807) is 0 Å². The van der Waals surface area contributed by atoms with Gasteiger partial charge in [0.2, 0.25) is 5.91 Å². The summed E-state index contributed by atoms with van der Waals surface area (Å²) in [4.78, 5) is 17.5. The van der Waals surface area contributed by atoms with Crippen LogP contribution in [-0.4, -0.2) is 30.5 Å². The summed E-state index contributed by atoms with van der Waals surface area (Å²) in [7, 11) is 0. The van der Waals surface area contributed by atoms with Crippen molar-refractivity contribution < 1.29 is 4.79 Å². The number of primary amides is 1. The van der Waals surface area contributed by atoms with Crippen LogP contribution in [-0.2, 0) is 11.3 Å². The lowest BCUT2D eigenvalue weighted by molar-refractivity contribution is -0.116. The highest BCUT2D eigenvalue weighted by molar-refractivity contribution is 5.79. The Morgan fingerprint density at radius 1 is 1.45 bits per heavy atom. The second-order valence-corrected chi connectivity index (χ2v) is 5.44. The third kappa shape index (κ3) is 6.02. The quantitative estimate of drug-likeness (QED) is 0.672. The van der Waals surface area contributed by atoms with Crippen molar-refractivity contribution in [2.24, 2.45) is 11.7 Å².